The summed E-state index contributed by atoms with van der Waals surface area (Å²) in [7, 11) is 1.71. The van der Waals surface area contributed by atoms with Crippen molar-refractivity contribution in [3.8, 4) is 0 Å². The van der Waals surface area contributed by atoms with Crippen LogP contribution in [0.25, 0.3) is 0 Å². The Morgan fingerprint density at radius 3 is 2.46 bits per heavy atom. The zero-order chi connectivity index (χ0) is 18.5. The SMILES string of the molecule is CC[C@]12CC[C@H]3[C@@H](CC[C@@H]4C[C@@](O)(COC)CC[C@@H]43)[C@@H]1CC[C@@H]2[C@H](C)O. The third kappa shape index (κ3) is 2.88. The van der Waals surface area contributed by atoms with Crippen LogP contribution in [0.5, 0.6) is 0 Å². The highest BCUT2D eigenvalue weighted by atomic mass is 16.5. The van der Waals surface area contributed by atoms with E-state index in [9.17, 15) is 10.2 Å². The van der Waals surface area contributed by atoms with Crippen molar-refractivity contribution in [1.82, 2.24) is 0 Å². The summed E-state index contributed by atoms with van der Waals surface area (Å²) in [5, 5.41) is 21.3. The number of hydrogen-bond acceptors (Lipinski definition) is 3. The molecule has 0 saturated heterocycles. The Morgan fingerprint density at radius 1 is 1.00 bits per heavy atom. The molecule has 0 amide bonds. The lowest BCUT2D eigenvalue weighted by atomic mass is 9.48. The molecule has 0 unspecified atom stereocenters. The van der Waals surface area contributed by atoms with Crippen LogP contribution in [0.1, 0.15) is 78.1 Å². The minimum Gasteiger partial charge on any atom is -0.393 e. The van der Waals surface area contributed by atoms with Crippen LogP contribution in [0.15, 0.2) is 0 Å². The number of aliphatic hydroxyl groups excluding tert-OH is 1. The van der Waals surface area contributed by atoms with Gasteiger partial charge >= 0.3 is 0 Å². The predicted octanol–water partition coefficient (Wildman–Crippen LogP) is 4.40. The third-order valence-electron chi connectivity index (χ3n) is 9.54. The van der Waals surface area contributed by atoms with E-state index in [1.165, 1.54) is 51.4 Å². The van der Waals surface area contributed by atoms with Gasteiger partial charge in [-0.15, -0.1) is 0 Å². The van der Waals surface area contributed by atoms with Gasteiger partial charge in [0.25, 0.3) is 0 Å². The highest BCUT2D eigenvalue weighted by Crippen LogP contribution is 2.66. The van der Waals surface area contributed by atoms with Crippen molar-refractivity contribution >= 4 is 0 Å². The van der Waals surface area contributed by atoms with Gasteiger partial charge in [0, 0.05) is 7.11 Å². The summed E-state index contributed by atoms with van der Waals surface area (Å²) in [4.78, 5) is 0. The second-order valence-corrected chi connectivity index (χ2v) is 10.4. The first kappa shape index (κ1) is 19.2. The van der Waals surface area contributed by atoms with Gasteiger partial charge in [0.05, 0.1) is 18.3 Å². The average Bonchev–Trinajstić information content (AvgIpc) is 3.01. The van der Waals surface area contributed by atoms with Gasteiger partial charge in [-0.3, -0.25) is 0 Å². The van der Waals surface area contributed by atoms with Crippen LogP contribution in [-0.2, 0) is 4.74 Å². The maximum atomic E-state index is 10.9. The maximum Gasteiger partial charge on any atom is 0.0882 e. The first-order valence-corrected chi connectivity index (χ1v) is 11.3. The molecule has 4 rings (SSSR count). The molecule has 4 saturated carbocycles. The van der Waals surface area contributed by atoms with Crippen LogP contribution >= 0.6 is 0 Å². The molecule has 0 spiro atoms. The van der Waals surface area contributed by atoms with Crippen molar-refractivity contribution in [1.29, 1.82) is 0 Å². The molecule has 26 heavy (non-hydrogen) atoms. The Balaban J connectivity index is 1.52. The zero-order valence-electron chi connectivity index (χ0n) is 17.1. The predicted molar refractivity (Wildman–Crippen MR) is 104 cm³/mol. The fraction of sp³-hybridized carbons (Fsp3) is 1.00. The molecule has 4 aliphatic carbocycles. The van der Waals surface area contributed by atoms with Gasteiger partial charge in [-0.25, -0.2) is 0 Å². The number of methoxy groups -OCH3 is 1. The molecular weight excluding hydrogens is 324 g/mol. The normalized spacial score (nSPS) is 52.0. The number of hydrogen-bond donors (Lipinski definition) is 2. The molecule has 2 N–H and O–H groups in total. The summed E-state index contributed by atoms with van der Waals surface area (Å²) in [6.45, 7) is 4.91. The fourth-order valence-corrected chi connectivity index (χ4v) is 8.64. The quantitative estimate of drug-likeness (QED) is 0.777. The summed E-state index contributed by atoms with van der Waals surface area (Å²) < 4.78 is 5.32. The van der Waals surface area contributed by atoms with Crippen LogP contribution in [0.2, 0.25) is 0 Å². The van der Waals surface area contributed by atoms with E-state index in [2.05, 4.69) is 6.92 Å². The largest absolute Gasteiger partial charge is 0.393 e. The van der Waals surface area contributed by atoms with Crippen molar-refractivity contribution in [2.24, 2.45) is 40.9 Å². The molecule has 0 aromatic heterocycles. The lowest BCUT2D eigenvalue weighted by Gasteiger charge is -2.58. The Morgan fingerprint density at radius 2 is 1.77 bits per heavy atom. The third-order valence-corrected chi connectivity index (χ3v) is 9.54. The molecule has 9 atom stereocenters. The topological polar surface area (TPSA) is 49.7 Å². The second-order valence-electron chi connectivity index (χ2n) is 10.4. The molecule has 0 radical (unpaired) electrons. The van der Waals surface area contributed by atoms with Gasteiger partial charge in [-0.05, 0) is 112 Å². The van der Waals surface area contributed by atoms with Crippen molar-refractivity contribution in [3.63, 3.8) is 0 Å². The Bertz CT molecular complexity index is 506. The average molecular weight is 365 g/mol. The van der Waals surface area contributed by atoms with E-state index in [-0.39, 0.29) is 6.10 Å². The number of fused-ring (bicyclic) bond motifs is 5. The van der Waals surface area contributed by atoms with Crippen LogP contribution in [0.4, 0.5) is 0 Å². The van der Waals surface area contributed by atoms with E-state index >= 15 is 0 Å². The first-order valence-electron chi connectivity index (χ1n) is 11.3. The number of rotatable bonds is 4. The highest BCUT2D eigenvalue weighted by Gasteiger charge is 2.59. The minimum absolute atomic E-state index is 0.147. The molecule has 3 heteroatoms. The van der Waals surface area contributed by atoms with Crippen molar-refractivity contribution < 1.29 is 14.9 Å². The molecular formula is C23H40O3. The van der Waals surface area contributed by atoms with Gasteiger partial charge in [0.1, 0.15) is 0 Å². The van der Waals surface area contributed by atoms with Gasteiger partial charge < -0.3 is 14.9 Å². The zero-order valence-corrected chi connectivity index (χ0v) is 17.1. The Labute approximate surface area is 159 Å². The van der Waals surface area contributed by atoms with Crippen LogP contribution in [0.3, 0.4) is 0 Å². The molecule has 150 valence electrons. The lowest BCUT2D eigenvalue weighted by molar-refractivity contribution is -0.131. The van der Waals surface area contributed by atoms with Gasteiger partial charge in [0.15, 0.2) is 0 Å². The Kier molecular flexibility index (Phi) is 5.20. The molecule has 0 aliphatic heterocycles. The van der Waals surface area contributed by atoms with E-state index < -0.39 is 5.60 Å². The van der Waals surface area contributed by atoms with Crippen molar-refractivity contribution in [2.75, 3.05) is 13.7 Å². The number of ether oxygens (including phenoxy) is 1. The molecule has 0 heterocycles. The van der Waals surface area contributed by atoms with Gasteiger partial charge in [0.2, 0.25) is 0 Å². The van der Waals surface area contributed by atoms with E-state index in [1.54, 1.807) is 7.11 Å². The second kappa shape index (κ2) is 7.04. The molecule has 4 aliphatic rings. The van der Waals surface area contributed by atoms with Gasteiger partial charge in [-0.2, -0.15) is 0 Å². The van der Waals surface area contributed by atoms with Crippen LogP contribution < -0.4 is 0 Å². The summed E-state index contributed by atoms with van der Waals surface area (Å²) in [6.07, 6.45) is 12.1. The van der Waals surface area contributed by atoms with Crippen LogP contribution in [-0.4, -0.2) is 35.6 Å². The summed E-state index contributed by atoms with van der Waals surface area (Å²) in [5.74, 6) is 4.64. The summed E-state index contributed by atoms with van der Waals surface area (Å²) in [5.41, 5.74) is -0.164. The molecule has 4 fully saturated rings. The van der Waals surface area contributed by atoms with Crippen LogP contribution in [0, 0.1) is 40.9 Å². The Hall–Kier alpha value is -0.120. The number of aliphatic hydroxyl groups is 2. The van der Waals surface area contributed by atoms with E-state index in [1.807, 2.05) is 6.92 Å². The van der Waals surface area contributed by atoms with E-state index in [4.69, 9.17) is 4.74 Å². The summed E-state index contributed by atoms with van der Waals surface area (Å²) in [6, 6.07) is 0. The molecule has 0 bridgehead atoms. The fourth-order valence-electron chi connectivity index (χ4n) is 8.64. The molecule has 0 aromatic rings. The van der Waals surface area contributed by atoms with E-state index in [0.29, 0.717) is 23.9 Å². The van der Waals surface area contributed by atoms with Gasteiger partial charge in [-0.1, -0.05) is 6.92 Å². The lowest BCUT2D eigenvalue weighted by Crippen LogP contribution is -2.53. The maximum absolute atomic E-state index is 10.9. The molecule has 0 aromatic carbocycles. The van der Waals surface area contributed by atoms with Crippen molar-refractivity contribution in [3.05, 3.63) is 0 Å². The van der Waals surface area contributed by atoms with Crippen molar-refractivity contribution in [2.45, 2.75) is 89.8 Å². The summed E-state index contributed by atoms with van der Waals surface area (Å²) >= 11 is 0. The highest BCUT2D eigenvalue weighted by molar-refractivity contribution is 5.08. The minimum atomic E-state index is -0.574. The monoisotopic (exact) mass is 364 g/mol. The standard InChI is InChI=1S/C23H40O3/c1-4-23-12-10-18-17-9-11-22(25,14-26-3)13-16(17)5-6-19(18)21(23)8-7-20(23)15(2)24/h15-21,24-25H,4-14H2,1-3H3/t15-,16+,17-,18+,19+,20+,21-,22+,23+/m0/s1. The smallest absolute Gasteiger partial charge is 0.0882 e. The first-order chi connectivity index (χ1) is 12.4. The van der Waals surface area contributed by atoms with E-state index in [0.717, 1.165) is 36.5 Å². The molecule has 3 nitrogen and oxygen atoms in total.